The first kappa shape index (κ1) is 30.0. The van der Waals surface area contributed by atoms with Crippen molar-refractivity contribution in [1.29, 1.82) is 0 Å². The Balaban J connectivity index is 1.43. The van der Waals surface area contributed by atoms with Crippen LogP contribution in [0.25, 0.3) is 10.9 Å². The number of benzene rings is 2. The second-order valence-electron chi connectivity index (χ2n) is 10.1. The third-order valence-electron chi connectivity index (χ3n) is 7.40. The van der Waals surface area contributed by atoms with E-state index in [0.29, 0.717) is 54.9 Å². The minimum absolute atomic E-state index is 0.0100. The molecule has 1 saturated carbocycles. The Morgan fingerprint density at radius 2 is 1.85 bits per heavy atom. The first-order valence-corrected chi connectivity index (χ1v) is 14.4. The standard InChI is InChI=1S/C28H29Cl3F2N4O4/c29-17-2-1-16(20(30)11-17)14-34-28(40)19-15-37(23-13-21(23)32)25-18(27(19)39)12-22(33)26(24(25)31)36-5-3-35(4-6-36)7-9-41-10-8-38/h1-2,11-12,15,21,23,38H,3-10,13-14H2,(H,34,40)/t21-,23+/m0/s1. The number of amides is 1. The number of ether oxygens (including phenoxy) is 1. The van der Waals surface area contributed by atoms with E-state index in [1.165, 1.54) is 16.8 Å². The van der Waals surface area contributed by atoms with E-state index in [0.717, 1.165) is 6.07 Å². The maximum Gasteiger partial charge on any atom is 0.257 e. The van der Waals surface area contributed by atoms with Gasteiger partial charge in [-0.25, -0.2) is 8.78 Å². The molecule has 5 rings (SSSR count). The van der Waals surface area contributed by atoms with Crippen LogP contribution in [0.5, 0.6) is 0 Å². The van der Waals surface area contributed by atoms with Crippen LogP contribution in [-0.4, -0.2) is 79.2 Å². The van der Waals surface area contributed by atoms with E-state index in [9.17, 15) is 14.0 Å². The highest BCUT2D eigenvalue weighted by atomic mass is 35.5. The fourth-order valence-electron chi connectivity index (χ4n) is 5.08. The number of nitrogens with one attached hydrogen (secondary N) is 1. The van der Waals surface area contributed by atoms with Gasteiger partial charge in [-0.2, -0.15) is 0 Å². The normalized spacial score (nSPS) is 19.1. The number of aliphatic hydroxyl groups is 1. The third-order valence-corrected chi connectivity index (χ3v) is 8.34. The number of carbonyl (C=O) groups is 1. The molecule has 2 N–H and O–H groups in total. The molecule has 41 heavy (non-hydrogen) atoms. The van der Waals surface area contributed by atoms with Crippen LogP contribution in [0.4, 0.5) is 14.5 Å². The Hall–Kier alpha value is -2.47. The van der Waals surface area contributed by atoms with Gasteiger partial charge in [0.15, 0.2) is 0 Å². The van der Waals surface area contributed by atoms with E-state index in [2.05, 4.69) is 10.2 Å². The lowest BCUT2D eigenvalue weighted by Gasteiger charge is -2.36. The summed E-state index contributed by atoms with van der Waals surface area (Å²) >= 11 is 18.9. The molecule has 3 aromatic rings. The minimum atomic E-state index is -1.18. The van der Waals surface area contributed by atoms with E-state index in [1.54, 1.807) is 12.1 Å². The van der Waals surface area contributed by atoms with Gasteiger partial charge in [0.2, 0.25) is 5.43 Å². The van der Waals surface area contributed by atoms with Crippen LogP contribution < -0.4 is 15.6 Å². The summed E-state index contributed by atoms with van der Waals surface area (Å²) in [4.78, 5) is 30.6. The Morgan fingerprint density at radius 1 is 1.12 bits per heavy atom. The molecule has 2 fully saturated rings. The molecule has 2 heterocycles. The summed E-state index contributed by atoms with van der Waals surface area (Å²) < 4.78 is 36.8. The van der Waals surface area contributed by atoms with Crippen LogP contribution in [0.1, 0.15) is 28.4 Å². The predicted molar refractivity (Wildman–Crippen MR) is 156 cm³/mol. The molecule has 2 aliphatic rings. The number of hydrogen-bond donors (Lipinski definition) is 2. The number of piperazine rings is 1. The molecular weight excluding hydrogens is 601 g/mol. The number of aromatic nitrogens is 1. The zero-order valence-corrected chi connectivity index (χ0v) is 24.3. The van der Waals surface area contributed by atoms with Crippen molar-refractivity contribution in [2.45, 2.75) is 25.2 Å². The monoisotopic (exact) mass is 628 g/mol. The summed E-state index contributed by atoms with van der Waals surface area (Å²) in [5.41, 5.74) is -0.00784. The van der Waals surface area contributed by atoms with Crippen LogP contribution in [0.3, 0.4) is 0 Å². The summed E-state index contributed by atoms with van der Waals surface area (Å²) in [6, 6.07) is 5.29. The van der Waals surface area contributed by atoms with Gasteiger partial charge in [-0.1, -0.05) is 40.9 Å². The molecule has 0 spiro atoms. The van der Waals surface area contributed by atoms with Crippen LogP contribution in [0, 0.1) is 5.82 Å². The van der Waals surface area contributed by atoms with Gasteiger partial charge in [0, 0.05) is 61.9 Å². The van der Waals surface area contributed by atoms with Gasteiger partial charge in [-0.05, 0) is 23.8 Å². The average molecular weight is 630 g/mol. The van der Waals surface area contributed by atoms with Crippen molar-refractivity contribution in [3.05, 3.63) is 72.7 Å². The smallest absolute Gasteiger partial charge is 0.257 e. The van der Waals surface area contributed by atoms with Crippen molar-refractivity contribution in [3.63, 3.8) is 0 Å². The molecular formula is C28H29Cl3F2N4O4. The van der Waals surface area contributed by atoms with Gasteiger partial charge in [-0.15, -0.1) is 0 Å². The number of hydrogen-bond acceptors (Lipinski definition) is 6. The summed E-state index contributed by atoms with van der Waals surface area (Å²) in [7, 11) is 0. The van der Waals surface area contributed by atoms with E-state index >= 15 is 4.39 Å². The highest BCUT2D eigenvalue weighted by molar-refractivity contribution is 6.38. The molecule has 1 aliphatic carbocycles. The van der Waals surface area contributed by atoms with E-state index in [4.69, 9.17) is 44.6 Å². The Kier molecular flexibility index (Phi) is 9.37. The average Bonchev–Trinajstić information content (AvgIpc) is 3.68. The first-order chi connectivity index (χ1) is 19.7. The molecule has 0 unspecified atom stereocenters. The zero-order chi connectivity index (χ0) is 29.3. The van der Waals surface area contributed by atoms with Gasteiger partial charge in [0.1, 0.15) is 17.6 Å². The SMILES string of the molecule is O=C(NCc1ccc(Cl)cc1Cl)c1cn([C@@H]2C[C@@H]2F)c2c(Cl)c(N3CCN(CCOCCO)CC3)c(F)cc2c1=O. The number of anilines is 1. The van der Waals surface area contributed by atoms with Crippen molar-refractivity contribution >= 4 is 57.3 Å². The Morgan fingerprint density at radius 3 is 2.51 bits per heavy atom. The highest BCUT2D eigenvalue weighted by Gasteiger charge is 2.41. The molecule has 220 valence electrons. The summed E-state index contributed by atoms with van der Waals surface area (Å²) in [6.45, 7) is 3.65. The maximum absolute atomic E-state index is 15.6. The van der Waals surface area contributed by atoms with Crippen molar-refractivity contribution in [3.8, 4) is 0 Å². The van der Waals surface area contributed by atoms with E-state index < -0.39 is 29.4 Å². The number of carbonyl (C=O) groups excluding carboxylic acids is 1. The largest absolute Gasteiger partial charge is 0.394 e. The third kappa shape index (κ3) is 6.48. The lowest BCUT2D eigenvalue weighted by molar-refractivity contribution is 0.0724. The first-order valence-electron chi connectivity index (χ1n) is 13.3. The molecule has 13 heteroatoms. The van der Waals surface area contributed by atoms with Gasteiger partial charge in [0.25, 0.3) is 5.91 Å². The number of nitrogens with zero attached hydrogens (tertiary/aromatic N) is 3. The number of pyridine rings is 1. The fourth-order valence-corrected chi connectivity index (χ4v) is 5.96. The summed E-state index contributed by atoms with van der Waals surface area (Å²) in [5.74, 6) is -1.39. The molecule has 8 nitrogen and oxygen atoms in total. The fraction of sp³-hybridized carbons (Fsp3) is 0.429. The molecule has 1 amide bonds. The molecule has 2 atom stereocenters. The number of halogens is 5. The van der Waals surface area contributed by atoms with Crippen LogP contribution >= 0.6 is 34.8 Å². The quantitative estimate of drug-likeness (QED) is 0.323. The summed E-state index contributed by atoms with van der Waals surface area (Å²) in [5, 5.41) is 12.2. The van der Waals surface area contributed by atoms with Crippen molar-refractivity contribution < 1.29 is 23.4 Å². The maximum atomic E-state index is 15.6. The minimum Gasteiger partial charge on any atom is -0.394 e. The second kappa shape index (κ2) is 12.8. The lowest BCUT2D eigenvalue weighted by atomic mass is 10.1. The van der Waals surface area contributed by atoms with Crippen molar-refractivity contribution in [1.82, 2.24) is 14.8 Å². The molecule has 1 aromatic heterocycles. The molecule has 1 saturated heterocycles. The van der Waals surface area contributed by atoms with Crippen molar-refractivity contribution in [2.75, 3.05) is 57.4 Å². The van der Waals surface area contributed by atoms with Crippen molar-refractivity contribution in [2.24, 2.45) is 0 Å². The number of fused-ring (bicyclic) bond motifs is 1. The Labute approximate surface area is 250 Å². The van der Waals surface area contributed by atoms with Crippen LogP contribution in [-0.2, 0) is 11.3 Å². The van der Waals surface area contributed by atoms with Crippen LogP contribution in [0.15, 0.2) is 35.3 Å². The second-order valence-corrected chi connectivity index (χ2v) is 11.3. The molecule has 0 bridgehead atoms. The van der Waals surface area contributed by atoms with Gasteiger partial charge in [0.05, 0.1) is 47.5 Å². The molecule has 0 radical (unpaired) electrons. The van der Waals surface area contributed by atoms with E-state index in [1.807, 2.05) is 4.90 Å². The number of aliphatic hydroxyl groups excluding tert-OH is 1. The molecule has 2 aromatic carbocycles. The van der Waals surface area contributed by atoms with Gasteiger partial charge in [-0.3, -0.25) is 14.5 Å². The number of rotatable bonds is 10. The van der Waals surface area contributed by atoms with Gasteiger partial charge >= 0.3 is 0 Å². The number of alkyl halides is 1. The molecule has 1 aliphatic heterocycles. The van der Waals surface area contributed by atoms with Crippen LogP contribution in [0.2, 0.25) is 15.1 Å². The Bertz CT molecular complexity index is 1510. The summed E-state index contributed by atoms with van der Waals surface area (Å²) in [6.07, 6.45) is 0.330. The lowest BCUT2D eigenvalue weighted by Crippen LogP contribution is -2.47. The highest BCUT2D eigenvalue weighted by Crippen LogP contribution is 2.44. The topological polar surface area (TPSA) is 87.0 Å². The van der Waals surface area contributed by atoms with E-state index in [-0.39, 0.29) is 53.4 Å². The van der Waals surface area contributed by atoms with Gasteiger partial charge < -0.3 is 24.6 Å². The predicted octanol–water partition coefficient (Wildman–Crippen LogP) is 4.44. The zero-order valence-electron chi connectivity index (χ0n) is 22.0.